The zero-order valence-electron chi connectivity index (χ0n) is 12.1. The molecule has 0 aliphatic carbocycles. The number of thioether (sulfide) groups is 1. The first kappa shape index (κ1) is 14.6. The number of nitriles is 1. The SMILES string of the molecule is COc1cc(C#N)ccc1OC1CCOC2(CCSC2)C1. The Kier molecular flexibility index (Phi) is 4.27. The molecule has 0 bridgehead atoms. The number of ether oxygens (including phenoxy) is 3. The van der Waals surface area contributed by atoms with E-state index in [1.807, 2.05) is 17.8 Å². The molecule has 112 valence electrons. The van der Waals surface area contributed by atoms with E-state index in [1.54, 1.807) is 19.2 Å². The summed E-state index contributed by atoms with van der Waals surface area (Å²) >= 11 is 1.96. The Hall–Kier alpha value is -1.38. The van der Waals surface area contributed by atoms with E-state index in [0.717, 1.165) is 31.6 Å². The van der Waals surface area contributed by atoms with Gasteiger partial charge in [0.25, 0.3) is 0 Å². The number of benzene rings is 1. The normalized spacial score (nSPS) is 28.3. The van der Waals surface area contributed by atoms with Crippen LogP contribution in [0.4, 0.5) is 0 Å². The predicted octanol–water partition coefficient (Wildman–Crippen LogP) is 3.00. The van der Waals surface area contributed by atoms with Crippen molar-refractivity contribution < 1.29 is 14.2 Å². The summed E-state index contributed by atoms with van der Waals surface area (Å²) < 4.78 is 17.5. The first-order chi connectivity index (χ1) is 10.2. The number of hydrogen-bond donors (Lipinski definition) is 0. The predicted molar refractivity (Wildman–Crippen MR) is 82.0 cm³/mol. The second kappa shape index (κ2) is 6.17. The molecule has 4 nitrogen and oxygen atoms in total. The van der Waals surface area contributed by atoms with E-state index in [0.29, 0.717) is 17.1 Å². The van der Waals surface area contributed by atoms with Gasteiger partial charge in [0.05, 0.1) is 31.0 Å². The van der Waals surface area contributed by atoms with Crippen LogP contribution in [-0.2, 0) is 4.74 Å². The molecule has 2 unspecified atom stereocenters. The van der Waals surface area contributed by atoms with Crippen LogP contribution >= 0.6 is 11.8 Å². The summed E-state index contributed by atoms with van der Waals surface area (Å²) in [5, 5.41) is 8.94. The van der Waals surface area contributed by atoms with E-state index < -0.39 is 0 Å². The highest BCUT2D eigenvalue weighted by atomic mass is 32.2. The van der Waals surface area contributed by atoms with Crippen molar-refractivity contribution in [3.63, 3.8) is 0 Å². The minimum Gasteiger partial charge on any atom is -0.493 e. The monoisotopic (exact) mass is 305 g/mol. The van der Waals surface area contributed by atoms with E-state index in [9.17, 15) is 0 Å². The maximum absolute atomic E-state index is 8.94. The largest absolute Gasteiger partial charge is 0.493 e. The van der Waals surface area contributed by atoms with E-state index in [1.165, 1.54) is 5.75 Å². The van der Waals surface area contributed by atoms with Gasteiger partial charge in [-0.3, -0.25) is 0 Å². The smallest absolute Gasteiger partial charge is 0.162 e. The van der Waals surface area contributed by atoms with Crippen LogP contribution in [0.1, 0.15) is 24.8 Å². The maximum atomic E-state index is 8.94. The molecule has 0 N–H and O–H groups in total. The Balaban J connectivity index is 1.73. The molecule has 2 heterocycles. The highest BCUT2D eigenvalue weighted by molar-refractivity contribution is 7.99. The van der Waals surface area contributed by atoms with E-state index in [-0.39, 0.29) is 11.7 Å². The fourth-order valence-corrected chi connectivity index (χ4v) is 4.34. The highest BCUT2D eigenvalue weighted by Gasteiger charge is 2.41. The Labute approximate surface area is 129 Å². The van der Waals surface area contributed by atoms with Crippen LogP contribution in [0.25, 0.3) is 0 Å². The minimum atomic E-state index is 0.00735. The van der Waals surface area contributed by atoms with Gasteiger partial charge in [0, 0.05) is 24.7 Å². The van der Waals surface area contributed by atoms with Gasteiger partial charge in [-0.25, -0.2) is 0 Å². The molecule has 2 aliphatic heterocycles. The van der Waals surface area contributed by atoms with Crippen molar-refractivity contribution in [1.29, 1.82) is 5.26 Å². The van der Waals surface area contributed by atoms with E-state index in [2.05, 4.69) is 6.07 Å². The van der Waals surface area contributed by atoms with Gasteiger partial charge in [-0.05, 0) is 24.3 Å². The Morgan fingerprint density at radius 3 is 3.05 bits per heavy atom. The van der Waals surface area contributed by atoms with Crippen LogP contribution in [0.3, 0.4) is 0 Å². The summed E-state index contributed by atoms with van der Waals surface area (Å²) in [7, 11) is 1.60. The van der Waals surface area contributed by atoms with Crippen LogP contribution in [0.2, 0.25) is 0 Å². The molecule has 0 radical (unpaired) electrons. The molecule has 3 rings (SSSR count). The molecule has 1 aromatic rings. The second-order valence-electron chi connectivity index (χ2n) is 5.54. The standard InChI is InChI=1S/C16H19NO3S/c1-18-15-8-12(10-17)2-3-14(15)20-13-4-6-19-16(9-13)5-7-21-11-16/h2-3,8,13H,4-7,9,11H2,1H3. The van der Waals surface area contributed by atoms with Crippen LogP contribution in [0, 0.1) is 11.3 Å². The van der Waals surface area contributed by atoms with Gasteiger partial charge in [-0.1, -0.05) is 0 Å². The zero-order valence-corrected chi connectivity index (χ0v) is 12.9. The first-order valence-corrected chi connectivity index (χ1v) is 8.37. The number of methoxy groups -OCH3 is 1. The average molecular weight is 305 g/mol. The molecule has 5 heteroatoms. The number of rotatable bonds is 3. The molecule has 21 heavy (non-hydrogen) atoms. The third kappa shape index (κ3) is 3.12. The van der Waals surface area contributed by atoms with Crippen molar-refractivity contribution in [2.45, 2.75) is 31.0 Å². The second-order valence-corrected chi connectivity index (χ2v) is 6.65. The Morgan fingerprint density at radius 2 is 2.33 bits per heavy atom. The third-order valence-electron chi connectivity index (χ3n) is 4.10. The summed E-state index contributed by atoms with van der Waals surface area (Å²) in [6.07, 6.45) is 3.10. The summed E-state index contributed by atoms with van der Waals surface area (Å²) in [6.45, 7) is 0.754. The van der Waals surface area contributed by atoms with Gasteiger partial charge in [-0.2, -0.15) is 17.0 Å². The lowest BCUT2D eigenvalue weighted by atomic mass is 9.91. The molecular formula is C16H19NO3S. The first-order valence-electron chi connectivity index (χ1n) is 7.21. The lowest BCUT2D eigenvalue weighted by Gasteiger charge is -2.37. The van der Waals surface area contributed by atoms with Gasteiger partial charge < -0.3 is 14.2 Å². The van der Waals surface area contributed by atoms with Crippen molar-refractivity contribution in [3.05, 3.63) is 23.8 Å². The van der Waals surface area contributed by atoms with E-state index in [4.69, 9.17) is 19.5 Å². The lowest BCUT2D eigenvalue weighted by Crippen LogP contribution is -2.43. The van der Waals surface area contributed by atoms with Gasteiger partial charge in [0.2, 0.25) is 0 Å². The summed E-state index contributed by atoms with van der Waals surface area (Å²) in [6, 6.07) is 7.42. The van der Waals surface area contributed by atoms with Crippen molar-refractivity contribution in [2.24, 2.45) is 0 Å². The lowest BCUT2D eigenvalue weighted by molar-refractivity contribution is -0.0961. The minimum absolute atomic E-state index is 0.00735. The highest BCUT2D eigenvalue weighted by Crippen LogP contribution is 2.40. The average Bonchev–Trinajstić information content (AvgIpc) is 2.95. The summed E-state index contributed by atoms with van der Waals surface area (Å²) in [5.41, 5.74) is 0.586. The van der Waals surface area contributed by atoms with E-state index >= 15 is 0 Å². The summed E-state index contributed by atoms with van der Waals surface area (Å²) in [4.78, 5) is 0. The van der Waals surface area contributed by atoms with Crippen LogP contribution < -0.4 is 9.47 Å². The molecule has 0 saturated carbocycles. The zero-order chi connectivity index (χ0) is 14.7. The molecule has 2 fully saturated rings. The third-order valence-corrected chi connectivity index (χ3v) is 5.32. The molecule has 1 aromatic carbocycles. The molecule has 2 atom stereocenters. The van der Waals surface area contributed by atoms with Crippen LogP contribution in [0.5, 0.6) is 11.5 Å². The molecule has 1 spiro atoms. The van der Waals surface area contributed by atoms with Gasteiger partial charge in [-0.15, -0.1) is 0 Å². The summed E-state index contributed by atoms with van der Waals surface area (Å²) in [5.74, 6) is 3.57. The fourth-order valence-electron chi connectivity index (χ4n) is 2.96. The van der Waals surface area contributed by atoms with Crippen molar-refractivity contribution >= 4 is 11.8 Å². The molecular weight excluding hydrogens is 286 g/mol. The maximum Gasteiger partial charge on any atom is 0.162 e. The molecule has 0 amide bonds. The topological polar surface area (TPSA) is 51.5 Å². The Morgan fingerprint density at radius 1 is 1.43 bits per heavy atom. The van der Waals surface area contributed by atoms with Gasteiger partial charge in [0.1, 0.15) is 6.10 Å². The fraction of sp³-hybridized carbons (Fsp3) is 0.562. The van der Waals surface area contributed by atoms with Gasteiger partial charge >= 0.3 is 0 Å². The molecule has 0 aromatic heterocycles. The Bertz CT molecular complexity index is 549. The quantitative estimate of drug-likeness (QED) is 0.859. The number of nitrogens with zero attached hydrogens (tertiary/aromatic N) is 1. The molecule has 2 saturated heterocycles. The molecule has 2 aliphatic rings. The van der Waals surface area contributed by atoms with Crippen LogP contribution in [-0.4, -0.2) is 36.9 Å². The van der Waals surface area contributed by atoms with Crippen molar-refractivity contribution in [3.8, 4) is 17.6 Å². The van der Waals surface area contributed by atoms with Crippen molar-refractivity contribution in [1.82, 2.24) is 0 Å². The number of hydrogen-bond acceptors (Lipinski definition) is 5. The van der Waals surface area contributed by atoms with Crippen LogP contribution in [0.15, 0.2) is 18.2 Å². The van der Waals surface area contributed by atoms with Gasteiger partial charge in [0.15, 0.2) is 11.5 Å². The van der Waals surface area contributed by atoms with Crippen molar-refractivity contribution in [2.75, 3.05) is 25.2 Å².